The molecule has 0 saturated heterocycles. The summed E-state index contributed by atoms with van der Waals surface area (Å²) in [6, 6.07) is 18.7. The van der Waals surface area contributed by atoms with Gasteiger partial charge in [-0.2, -0.15) is 5.10 Å². The number of amides is 2. The largest absolute Gasteiger partial charge is 0.484 e. The standard InChI is InChI=1S/C29H34N4O5S/c1-20(2)31-29(35)19-38-26-10-8-24(9-11-26)17-30-32-28(34)18-33(25-15-22(4)14-23(5)16-25)39(36,37)27-12-6-21(3)7-13-27/h6-17,20H,18-19H2,1-5H3,(H,31,35)(H,32,34)/b30-17-. The molecule has 2 amide bonds. The number of hydrogen-bond donors (Lipinski definition) is 2. The second-order valence-electron chi connectivity index (χ2n) is 9.54. The maximum Gasteiger partial charge on any atom is 0.264 e. The molecule has 0 fully saturated rings. The third-order valence-corrected chi connectivity index (χ3v) is 7.28. The lowest BCUT2D eigenvalue weighted by Crippen LogP contribution is -2.39. The minimum atomic E-state index is -4.02. The van der Waals surface area contributed by atoms with Crippen molar-refractivity contribution in [3.63, 3.8) is 0 Å². The van der Waals surface area contributed by atoms with Crippen molar-refractivity contribution in [3.8, 4) is 5.75 Å². The van der Waals surface area contributed by atoms with Crippen molar-refractivity contribution in [2.24, 2.45) is 5.10 Å². The van der Waals surface area contributed by atoms with Crippen LogP contribution >= 0.6 is 0 Å². The Labute approximate surface area is 229 Å². The van der Waals surface area contributed by atoms with E-state index in [9.17, 15) is 18.0 Å². The molecule has 0 aliphatic rings. The van der Waals surface area contributed by atoms with Gasteiger partial charge in [-0.15, -0.1) is 0 Å². The molecular formula is C29H34N4O5S. The van der Waals surface area contributed by atoms with Gasteiger partial charge in [0.1, 0.15) is 12.3 Å². The normalized spacial score (nSPS) is 11.4. The van der Waals surface area contributed by atoms with Gasteiger partial charge in [0, 0.05) is 6.04 Å². The van der Waals surface area contributed by atoms with Crippen LogP contribution in [0, 0.1) is 20.8 Å². The zero-order chi connectivity index (χ0) is 28.6. The smallest absolute Gasteiger partial charge is 0.264 e. The van der Waals surface area contributed by atoms with Crippen molar-refractivity contribution in [2.45, 2.75) is 45.6 Å². The summed E-state index contributed by atoms with van der Waals surface area (Å²) in [5, 5.41) is 6.72. The van der Waals surface area contributed by atoms with Gasteiger partial charge in [0.25, 0.3) is 21.8 Å². The van der Waals surface area contributed by atoms with E-state index in [-0.39, 0.29) is 23.5 Å². The summed E-state index contributed by atoms with van der Waals surface area (Å²) in [4.78, 5) is 24.6. The Kier molecular flexibility index (Phi) is 9.84. The predicted molar refractivity (Wildman–Crippen MR) is 153 cm³/mol. The molecule has 3 aromatic rings. The highest BCUT2D eigenvalue weighted by Gasteiger charge is 2.27. The van der Waals surface area contributed by atoms with Gasteiger partial charge in [0.2, 0.25) is 0 Å². The molecule has 0 heterocycles. The average Bonchev–Trinajstić information content (AvgIpc) is 2.86. The molecule has 2 N–H and O–H groups in total. The van der Waals surface area contributed by atoms with Crippen molar-refractivity contribution in [1.82, 2.24) is 10.7 Å². The number of hydrogen-bond acceptors (Lipinski definition) is 6. The molecular weight excluding hydrogens is 516 g/mol. The number of hydrazone groups is 1. The molecule has 206 valence electrons. The highest BCUT2D eigenvalue weighted by molar-refractivity contribution is 7.92. The van der Waals surface area contributed by atoms with Crippen LogP contribution in [0.4, 0.5) is 5.69 Å². The summed E-state index contributed by atoms with van der Waals surface area (Å²) in [5.41, 5.74) is 6.15. The Bertz CT molecular complexity index is 1410. The topological polar surface area (TPSA) is 117 Å². The maximum atomic E-state index is 13.5. The minimum Gasteiger partial charge on any atom is -0.484 e. The van der Waals surface area contributed by atoms with Gasteiger partial charge >= 0.3 is 0 Å². The van der Waals surface area contributed by atoms with Crippen molar-refractivity contribution in [2.75, 3.05) is 17.5 Å². The van der Waals surface area contributed by atoms with Gasteiger partial charge in [-0.1, -0.05) is 23.8 Å². The van der Waals surface area contributed by atoms with Crippen molar-refractivity contribution < 1.29 is 22.7 Å². The number of aryl methyl sites for hydroxylation is 3. The first kappa shape index (κ1) is 29.4. The van der Waals surface area contributed by atoms with E-state index in [2.05, 4.69) is 15.8 Å². The van der Waals surface area contributed by atoms with Crippen LogP contribution in [0.5, 0.6) is 5.75 Å². The fourth-order valence-electron chi connectivity index (χ4n) is 3.75. The van der Waals surface area contributed by atoms with Gasteiger partial charge in [0.15, 0.2) is 6.61 Å². The van der Waals surface area contributed by atoms with Crippen LogP contribution in [-0.2, 0) is 19.6 Å². The Hall–Kier alpha value is -4.18. The highest BCUT2D eigenvalue weighted by Crippen LogP contribution is 2.26. The fourth-order valence-corrected chi connectivity index (χ4v) is 5.16. The summed E-state index contributed by atoms with van der Waals surface area (Å²) in [6.07, 6.45) is 1.43. The van der Waals surface area contributed by atoms with Gasteiger partial charge in [-0.3, -0.25) is 13.9 Å². The third kappa shape index (κ3) is 8.68. The van der Waals surface area contributed by atoms with Crippen molar-refractivity contribution in [3.05, 3.63) is 89.0 Å². The van der Waals surface area contributed by atoms with Gasteiger partial charge < -0.3 is 10.1 Å². The fraction of sp³-hybridized carbons (Fsp3) is 0.276. The van der Waals surface area contributed by atoms with E-state index in [0.29, 0.717) is 17.0 Å². The molecule has 0 spiro atoms. The molecule has 0 aromatic heterocycles. The first-order valence-electron chi connectivity index (χ1n) is 12.5. The Morgan fingerprint density at radius 1 is 0.897 bits per heavy atom. The Morgan fingerprint density at radius 3 is 2.10 bits per heavy atom. The lowest BCUT2D eigenvalue weighted by Gasteiger charge is -2.24. The molecule has 3 aromatic carbocycles. The van der Waals surface area contributed by atoms with Gasteiger partial charge in [-0.25, -0.2) is 13.8 Å². The van der Waals surface area contributed by atoms with E-state index >= 15 is 0 Å². The monoisotopic (exact) mass is 550 g/mol. The van der Waals surface area contributed by atoms with E-state index in [4.69, 9.17) is 4.74 Å². The number of benzene rings is 3. The highest BCUT2D eigenvalue weighted by atomic mass is 32.2. The second-order valence-corrected chi connectivity index (χ2v) is 11.4. The number of ether oxygens (including phenoxy) is 1. The summed E-state index contributed by atoms with van der Waals surface area (Å²) in [6.45, 7) is 8.80. The summed E-state index contributed by atoms with van der Waals surface area (Å²) < 4.78 is 33.6. The summed E-state index contributed by atoms with van der Waals surface area (Å²) >= 11 is 0. The van der Waals surface area contributed by atoms with Crippen LogP contribution in [0.3, 0.4) is 0 Å². The maximum absolute atomic E-state index is 13.5. The molecule has 3 rings (SSSR count). The third-order valence-electron chi connectivity index (χ3n) is 5.49. The van der Waals surface area contributed by atoms with E-state index in [0.717, 1.165) is 21.0 Å². The number of nitrogens with one attached hydrogen (secondary N) is 2. The molecule has 9 nitrogen and oxygen atoms in total. The first-order valence-corrected chi connectivity index (χ1v) is 13.9. The van der Waals surface area contributed by atoms with E-state index in [1.165, 1.54) is 18.3 Å². The molecule has 0 saturated carbocycles. The predicted octanol–water partition coefficient (Wildman–Crippen LogP) is 3.86. The number of rotatable bonds is 11. The van der Waals surface area contributed by atoms with Crippen LogP contribution in [0.2, 0.25) is 0 Å². The van der Waals surface area contributed by atoms with Gasteiger partial charge in [-0.05, 0) is 99.8 Å². The van der Waals surface area contributed by atoms with E-state index < -0.39 is 22.5 Å². The quantitative estimate of drug-likeness (QED) is 0.278. The first-order chi connectivity index (χ1) is 18.4. The molecule has 39 heavy (non-hydrogen) atoms. The Morgan fingerprint density at radius 2 is 1.51 bits per heavy atom. The molecule has 0 aliphatic carbocycles. The number of anilines is 1. The lowest BCUT2D eigenvalue weighted by molar-refractivity contribution is -0.123. The van der Waals surface area contributed by atoms with Crippen molar-refractivity contribution >= 4 is 33.7 Å². The zero-order valence-electron chi connectivity index (χ0n) is 22.8. The summed E-state index contributed by atoms with van der Waals surface area (Å²) in [5.74, 6) is -0.296. The van der Waals surface area contributed by atoms with Crippen LogP contribution in [0.1, 0.15) is 36.1 Å². The minimum absolute atomic E-state index is 0.0330. The van der Waals surface area contributed by atoms with Crippen LogP contribution in [0.15, 0.2) is 76.7 Å². The Balaban J connectivity index is 1.69. The van der Waals surface area contributed by atoms with E-state index in [1.54, 1.807) is 48.5 Å². The molecule has 10 heteroatoms. The van der Waals surface area contributed by atoms with Crippen LogP contribution in [0.25, 0.3) is 0 Å². The molecule has 0 bridgehead atoms. The zero-order valence-corrected chi connectivity index (χ0v) is 23.6. The van der Waals surface area contributed by atoms with Gasteiger partial charge in [0.05, 0.1) is 16.8 Å². The average molecular weight is 551 g/mol. The summed E-state index contributed by atoms with van der Waals surface area (Å²) in [7, 11) is -4.02. The van der Waals surface area contributed by atoms with Crippen molar-refractivity contribution in [1.29, 1.82) is 0 Å². The van der Waals surface area contributed by atoms with E-state index in [1.807, 2.05) is 40.7 Å². The number of carbonyl (C=O) groups is 2. The molecule has 0 radical (unpaired) electrons. The lowest BCUT2D eigenvalue weighted by atomic mass is 10.1. The SMILES string of the molecule is Cc1ccc(S(=O)(=O)N(CC(=O)N/N=C\c2ccc(OCC(=O)NC(C)C)cc2)c2cc(C)cc(C)c2)cc1. The molecule has 0 aliphatic heterocycles. The molecule has 0 unspecified atom stereocenters. The van der Waals surface area contributed by atoms with Crippen LogP contribution < -0.4 is 19.8 Å². The van der Waals surface area contributed by atoms with Crippen LogP contribution in [-0.4, -0.2) is 45.6 Å². The second kappa shape index (κ2) is 13.1. The number of carbonyl (C=O) groups excluding carboxylic acids is 2. The number of nitrogens with zero attached hydrogens (tertiary/aromatic N) is 2. The molecule has 0 atom stereocenters. The number of sulfonamides is 1.